The number of anilines is 2. The van der Waals surface area contributed by atoms with E-state index in [0.717, 1.165) is 19.3 Å². The van der Waals surface area contributed by atoms with E-state index in [1.54, 1.807) is 48.5 Å². The first-order chi connectivity index (χ1) is 17.4. The average Bonchev–Trinajstić information content (AvgIpc) is 3.65. The van der Waals surface area contributed by atoms with Gasteiger partial charge in [-0.1, -0.05) is 19.1 Å². The lowest BCUT2D eigenvalue weighted by molar-refractivity contribution is -0.156. The van der Waals surface area contributed by atoms with Gasteiger partial charge in [-0.05, 0) is 55.7 Å². The Bertz CT molecular complexity index is 1250. The SMILES string of the molecule is CCCC(=O)Nc1ccc(C(=O)COC(=O)C23CCC(=O)N2c2ccccc2C(=O)N3C2CC2)cc1. The molecule has 9 nitrogen and oxygen atoms in total. The summed E-state index contributed by atoms with van der Waals surface area (Å²) in [5.74, 6) is -1.88. The molecule has 1 unspecified atom stereocenters. The highest BCUT2D eigenvalue weighted by Gasteiger charge is 2.64. The largest absolute Gasteiger partial charge is 0.454 e. The van der Waals surface area contributed by atoms with E-state index in [-0.39, 0.29) is 36.6 Å². The predicted octanol–water partition coefficient (Wildman–Crippen LogP) is 3.29. The van der Waals surface area contributed by atoms with Crippen molar-refractivity contribution in [1.29, 1.82) is 0 Å². The van der Waals surface area contributed by atoms with Crippen LogP contribution in [0.15, 0.2) is 48.5 Å². The molecule has 1 aliphatic carbocycles. The van der Waals surface area contributed by atoms with Crippen molar-refractivity contribution in [3.8, 4) is 0 Å². The summed E-state index contributed by atoms with van der Waals surface area (Å²) in [6.45, 7) is 1.38. The van der Waals surface area contributed by atoms with Gasteiger partial charge in [0.05, 0.1) is 11.3 Å². The first-order valence-corrected chi connectivity index (χ1v) is 12.2. The molecule has 36 heavy (non-hydrogen) atoms. The fourth-order valence-electron chi connectivity index (χ4n) is 5.03. The van der Waals surface area contributed by atoms with Gasteiger partial charge in [0.1, 0.15) is 0 Å². The Kier molecular flexibility index (Phi) is 6.07. The Morgan fingerprint density at radius 3 is 2.47 bits per heavy atom. The Morgan fingerprint density at radius 1 is 1.06 bits per heavy atom. The topological polar surface area (TPSA) is 113 Å². The van der Waals surface area contributed by atoms with Crippen LogP contribution >= 0.6 is 0 Å². The van der Waals surface area contributed by atoms with Gasteiger partial charge in [0, 0.05) is 36.6 Å². The van der Waals surface area contributed by atoms with Crippen molar-refractivity contribution >= 4 is 40.8 Å². The van der Waals surface area contributed by atoms with Gasteiger partial charge in [-0.15, -0.1) is 0 Å². The summed E-state index contributed by atoms with van der Waals surface area (Å²) in [6, 6.07) is 13.0. The number of para-hydroxylation sites is 1. The number of hydrogen-bond acceptors (Lipinski definition) is 6. The molecule has 1 N–H and O–H groups in total. The summed E-state index contributed by atoms with van der Waals surface area (Å²) in [5.41, 5.74) is 0.0751. The lowest BCUT2D eigenvalue weighted by Gasteiger charge is -2.48. The average molecular weight is 490 g/mol. The Morgan fingerprint density at radius 2 is 1.78 bits per heavy atom. The maximum absolute atomic E-state index is 13.6. The summed E-state index contributed by atoms with van der Waals surface area (Å²) < 4.78 is 5.50. The van der Waals surface area contributed by atoms with Crippen LogP contribution in [0.2, 0.25) is 0 Å². The number of carbonyl (C=O) groups excluding carboxylic acids is 5. The molecule has 2 fully saturated rings. The maximum atomic E-state index is 13.6. The summed E-state index contributed by atoms with van der Waals surface area (Å²) in [5, 5.41) is 2.75. The zero-order valence-corrected chi connectivity index (χ0v) is 20.0. The highest BCUT2D eigenvalue weighted by atomic mass is 16.5. The molecule has 0 bridgehead atoms. The molecule has 186 valence electrons. The summed E-state index contributed by atoms with van der Waals surface area (Å²) in [7, 11) is 0. The van der Waals surface area contributed by atoms with Crippen molar-refractivity contribution in [2.24, 2.45) is 0 Å². The number of amides is 3. The number of fused-ring (bicyclic) bond motifs is 3. The molecule has 5 rings (SSSR count). The zero-order valence-electron chi connectivity index (χ0n) is 20.0. The van der Waals surface area contributed by atoms with Gasteiger partial charge in [-0.3, -0.25) is 24.1 Å². The van der Waals surface area contributed by atoms with E-state index in [2.05, 4.69) is 5.32 Å². The molecule has 3 aliphatic rings. The fourth-order valence-corrected chi connectivity index (χ4v) is 5.03. The molecule has 0 aromatic heterocycles. The van der Waals surface area contributed by atoms with Crippen molar-refractivity contribution in [2.75, 3.05) is 16.8 Å². The summed E-state index contributed by atoms with van der Waals surface area (Å²) in [6.07, 6.45) is 2.83. The van der Waals surface area contributed by atoms with E-state index in [4.69, 9.17) is 4.74 Å². The normalized spacial score (nSPS) is 20.6. The minimum Gasteiger partial charge on any atom is -0.454 e. The van der Waals surface area contributed by atoms with E-state index >= 15 is 0 Å². The van der Waals surface area contributed by atoms with E-state index in [9.17, 15) is 24.0 Å². The van der Waals surface area contributed by atoms with E-state index < -0.39 is 24.0 Å². The number of nitrogens with one attached hydrogen (secondary N) is 1. The van der Waals surface area contributed by atoms with Crippen molar-refractivity contribution in [3.63, 3.8) is 0 Å². The van der Waals surface area contributed by atoms with Crippen molar-refractivity contribution in [3.05, 3.63) is 59.7 Å². The third-order valence-electron chi connectivity index (χ3n) is 6.84. The number of ketones is 1. The second-order valence-electron chi connectivity index (χ2n) is 9.34. The third kappa shape index (κ3) is 3.94. The lowest BCUT2D eigenvalue weighted by Crippen LogP contribution is -2.69. The number of benzene rings is 2. The van der Waals surface area contributed by atoms with Gasteiger partial charge in [-0.2, -0.15) is 0 Å². The van der Waals surface area contributed by atoms with Crippen LogP contribution in [-0.4, -0.2) is 52.7 Å². The highest BCUT2D eigenvalue weighted by molar-refractivity contribution is 6.16. The summed E-state index contributed by atoms with van der Waals surface area (Å²) in [4.78, 5) is 67.5. The quantitative estimate of drug-likeness (QED) is 0.450. The molecule has 0 spiro atoms. The maximum Gasteiger partial charge on any atom is 0.354 e. The number of ether oxygens (including phenoxy) is 1. The number of Topliss-reactive ketones (excluding diaryl/α,β-unsaturated/α-hetero) is 1. The number of rotatable bonds is 8. The molecular weight excluding hydrogens is 462 g/mol. The van der Waals surface area contributed by atoms with Crippen LogP contribution in [0.1, 0.15) is 66.2 Å². The van der Waals surface area contributed by atoms with Crippen LogP contribution in [0.4, 0.5) is 11.4 Å². The van der Waals surface area contributed by atoms with Gasteiger partial charge in [0.25, 0.3) is 5.91 Å². The van der Waals surface area contributed by atoms with Gasteiger partial charge >= 0.3 is 5.97 Å². The monoisotopic (exact) mass is 489 g/mol. The van der Waals surface area contributed by atoms with E-state index in [1.165, 1.54) is 9.80 Å². The van der Waals surface area contributed by atoms with Crippen LogP contribution in [-0.2, 0) is 19.1 Å². The fraction of sp³-hybridized carbons (Fsp3) is 0.370. The molecular formula is C27H27N3O6. The van der Waals surface area contributed by atoms with Crippen LogP contribution in [0.3, 0.4) is 0 Å². The molecule has 1 atom stereocenters. The van der Waals surface area contributed by atoms with Gasteiger partial charge in [0.2, 0.25) is 17.5 Å². The smallest absolute Gasteiger partial charge is 0.354 e. The van der Waals surface area contributed by atoms with Crippen LogP contribution < -0.4 is 10.2 Å². The van der Waals surface area contributed by atoms with Crippen LogP contribution in [0.25, 0.3) is 0 Å². The van der Waals surface area contributed by atoms with Crippen molar-refractivity contribution in [1.82, 2.24) is 4.90 Å². The molecule has 1 saturated carbocycles. The first kappa shape index (κ1) is 23.7. The number of carbonyl (C=O) groups is 5. The van der Waals surface area contributed by atoms with Crippen LogP contribution in [0.5, 0.6) is 0 Å². The first-order valence-electron chi connectivity index (χ1n) is 12.2. The number of nitrogens with zero attached hydrogens (tertiary/aromatic N) is 2. The standard InChI is InChI=1S/C27H27N3O6/c1-2-5-23(32)28-18-10-8-17(9-11-18)22(31)16-36-26(35)27-15-14-24(33)30(27)21-7-4-3-6-20(21)25(34)29(27)19-12-13-19/h3-4,6-11,19H,2,5,12-16H2,1H3,(H,28,32). The highest BCUT2D eigenvalue weighted by Crippen LogP contribution is 2.49. The molecule has 2 heterocycles. The second-order valence-corrected chi connectivity index (χ2v) is 9.34. The Hall–Kier alpha value is -4.01. The zero-order chi connectivity index (χ0) is 25.4. The minimum atomic E-state index is -1.59. The van der Waals surface area contributed by atoms with Crippen LogP contribution in [0, 0.1) is 0 Å². The molecule has 2 aliphatic heterocycles. The molecule has 2 aromatic carbocycles. The molecule has 1 saturated heterocycles. The number of esters is 1. The van der Waals surface area contributed by atoms with Gasteiger partial charge < -0.3 is 15.0 Å². The lowest BCUT2D eigenvalue weighted by atomic mass is 9.96. The predicted molar refractivity (Wildman–Crippen MR) is 130 cm³/mol. The molecule has 3 amide bonds. The van der Waals surface area contributed by atoms with E-state index in [0.29, 0.717) is 28.9 Å². The van der Waals surface area contributed by atoms with Crippen molar-refractivity contribution < 1.29 is 28.7 Å². The summed E-state index contributed by atoms with van der Waals surface area (Å²) >= 11 is 0. The molecule has 2 aromatic rings. The van der Waals surface area contributed by atoms with Gasteiger partial charge in [0.15, 0.2) is 12.4 Å². The molecule has 0 radical (unpaired) electrons. The minimum absolute atomic E-state index is 0.0963. The number of hydrogen-bond donors (Lipinski definition) is 1. The van der Waals surface area contributed by atoms with Crippen molar-refractivity contribution in [2.45, 2.75) is 57.2 Å². The molecule has 9 heteroatoms. The third-order valence-corrected chi connectivity index (χ3v) is 6.84. The second kappa shape index (κ2) is 9.22. The Labute approximate surface area is 208 Å². The van der Waals surface area contributed by atoms with Gasteiger partial charge in [-0.25, -0.2) is 4.79 Å². The van der Waals surface area contributed by atoms with E-state index in [1.807, 2.05) is 6.92 Å². The Balaban J connectivity index is 1.35.